The number of morpholine rings is 1. The van der Waals surface area contributed by atoms with Gasteiger partial charge in [0, 0.05) is 0 Å². The maximum Gasteiger partial charge on any atom is 0.183 e. The molecule has 1 aliphatic heterocycles. The van der Waals surface area contributed by atoms with Gasteiger partial charge in [-0.05, 0) is 6.42 Å². The van der Waals surface area contributed by atoms with Gasteiger partial charge in [-0.25, -0.2) is 0 Å². The number of unbranched alkanes of at least 4 members (excludes halogenated alkanes) is 9. The number of nitrogens with zero attached hydrogens (tertiary/aromatic N) is 1. The molecular formula is C19H40ClNO3. The second kappa shape index (κ2) is 16.6. The maximum absolute atomic E-state index is 9.26. The number of quaternary nitrogens is 1. The predicted octanol–water partition coefficient (Wildman–Crippen LogP) is 0.725. The van der Waals surface area contributed by atoms with E-state index in [-0.39, 0.29) is 19.0 Å². The van der Waals surface area contributed by atoms with Crippen molar-refractivity contribution >= 4 is 0 Å². The molecule has 0 aromatic heterocycles. The van der Waals surface area contributed by atoms with Crippen LogP contribution in [0.15, 0.2) is 0 Å². The maximum atomic E-state index is 9.26. The third-order valence-electron chi connectivity index (χ3n) is 5.00. The minimum Gasteiger partial charge on any atom is -1.00 e. The summed E-state index contributed by atoms with van der Waals surface area (Å²) in [7, 11) is 0. The van der Waals surface area contributed by atoms with Crippen molar-refractivity contribution in [3.63, 3.8) is 0 Å². The van der Waals surface area contributed by atoms with Crippen molar-refractivity contribution in [2.45, 2.75) is 71.1 Å². The minimum atomic E-state index is 0. The molecule has 0 unspecified atom stereocenters. The Kier molecular flexibility index (Phi) is 16.7. The second-order valence-electron chi connectivity index (χ2n) is 7.07. The van der Waals surface area contributed by atoms with E-state index in [0.717, 1.165) is 50.7 Å². The van der Waals surface area contributed by atoms with E-state index >= 15 is 0 Å². The van der Waals surface area contributed by atoms with Crippen LogP contribution in [0.25, 0.3) is 0 Å². The molecule has 5 heteroatoms. The van der Waals surface area contributed by atoms with Crippen molar-refractivity contribution in [1.29, 1.82) is 0 Å². The van der Waals surface area contributed by atoms with Gasteiger partial charge in [0.2, 0.25) is 0 Å². The fourth-order valence-corrected chi connectivity index (χ4v) is 3.31. The van der Waals surface area contributed by atoms with Crippen molar-refractivity contribution < 1.29 is 31.5 Å². The van der Waals surface area contributed by atoms with Crippen molar-refractivity contribution in [1.82, 2.24) is 0 Å². The lowest BCUT2D eigenvalue weighted by molar-refractivity contribution is -0.952. The van der Waals surface area contributed by atoms with Crippen LogP contribution >= 0.6 is 0 Å². The van der Waals surface area contributed by atoms with Gasteiger partial charge >= 0.3 is 0 Å². The summed E-state index contributed by atoms with van der Waals surface area (Å²) in [5, 5.41) is 9.26. The Morgan fingerprint density at radius 2 is 1.42 bits per heavy atom. The first-order chi connectivity index (χ1) is 11.3. The van der Waals surface area contributed by atoms with Crippen LogP contribution in [-0.4, -0.2) is 62.4 Å². The Labute approximate surface area is 155 Å². The van der Waals surface area contributed by atoms with Crippen LogP contribution in [0.2, 0.25) is 0 Å². The second-order valence-corrected chi connectivity index (χ2v) is 7.07. The number of halogens is 1. The minimum absolute atomic E-state index is 0. The predicted molar refractivity (Wildman–Crippen MR) is 95.4 cm³/mol. The van der Waals surface area contributed by atoms with E-state index in [1.54, 1.807) is 0 Å². The summed E-state index contributed by atoms with van der Waals surface area (Å²) >= 11 is 0. The van der Waals surface area contributed by atoms with Gasteiger partial charge < -0.3 is 27.0 Å². The average molecular weight is 366 g/mol. The molecule has 0 radical (unpaired) electrons. The summed E-state index contributed by atoms with van der Waals surface area (Å²) in [6.45, 7) is 8.43. The summed E-state index contributed by atoms with van der Waals surface area (Å²) in [5.74, 6) is 0. The number of ether oxygens (including phenoxy) is 2. The SMILES string of the molecule is CCCCCCCCCCCCOC[N+]1(CCO)CCOCC1.[Cl-]. The highest BCUT2D eigenvalue weighted by molar-refractivity contribution is 4.49. The van der Waals surface area contributed by atoms with Gasteiger partial charge in [0.15, 0.2) is 6.73 Å². The molecule has 1 heterocycles. The van der Waals surface area contributed by atoms with Crippen molar-refractivity contribution in [3.05, 3.63) is 0 Å². The lowest BCUT2D eigenvalue weighted by Crippen LogP contribution is -3.00. The number of hydrogen-bond donors (Lipinski definition) is 1. The van der Waals surface area contributed by atoms with Crippen LogP contribution < -0.4 is 12.4 Å². The van der Waals surface area contributed by atoms with E-state index in [2.05, 4.69) is 6.92 Å². The molecule has 0 atom stereocenters. The molecule has 0 aliphatic carbocycles. The third kappa shape index (κ3) is 11.6. The molecule has 0 aromatic rings. The molecule has 0 spiro atoms. The first-order valence-electron chi connectivity index (χ1n) is 9.94. The van der Waals surface area contributed by atoms with E-state index in [1.807, 2.05) is 0 Å². The molecule has 24 heavy (non-hydrogen) atoms. The number of rotatable bonds is 15. The number of hydrogen-bond acceptors (Lipinski definition) is 3. The highest BCUT2D eigenvalue weighted by Gasteiger charge is 2.29. The number of aliphatic hydroxyl groups excluding tert-OH is 1. The van der Waals surface area contributed by atoms with Crippen LogP contribution in [0.5, 0.6) is 0 Å². The largest absolute Gasteiger partial charge is 1.00 e. The summed E-state index contributed by atoms with van der Waals surface area (Å²) in [5.41, 5.74) is 0. The Balaban J connectivity index is 0.00000529. The molecule has 1 saturated heterocycles. The van der Waals surface area contributed by atoms with Crippen molar-refractivity contribution in [2.75, 3.05) is 52.8 Å². The van der Waals surface area contributed by atoms with Crippen LogP contribution in [0, 0.1) is 0 Å². The molecule has 4 nitrogen and oxygen atoms in total. The molecular weight excluding hydrogens is 326 g/mol. The molecule has 146 valence electrons. The van der Waals surface area contributed by atoms with E-state index in [0.29, 0.717) is 0 Å². The van der Waals surface area contributed by atoms with Gasteiger partial charge in [-0.1, -0.05) is 64.7 Å². The Bertz CT molecular complexity index is 255. The van der Waals surface area contributed by atoms with Gasteiger partial charge in [0.25, 0.3) is 0 Å². The summed E-state index contributed by atoms with van der Waals surface area (Å²) in [6.07, 6.45) is 13.6. The quantitative estimate of drug-likeness (QED) is 0.343. The van der Waals surface area contributed by atoms with E-state index < -0.39 is 0 Å². The molecule has 0 bridgehead atoms. The fourth-order valence-electron chi connectivity index (χ4n) is 3.31. The van der Waals surface area contributed by atoms with Gasteiger partial charge in [-0.3, -0.25) is 4.48 Å². The van der Waals surface area contributed by atoms with Gasteiger partial charge in [-0.15, -0.1) is 0 Å². The van der Waals surface area contributed by atoms with Crippen LogP contribution in [-0.2, 0) is 9.47 Å². The Morgan fingerprint density at radius 1 is 0.875 bits per heavy atom. The normalized spacial score (nSPS) is 16.8. The Hall–Kier alpha value is 0.130. The smallest absolute Gasteiger partial charge is 0.183 e. The highest BCUT2D eigenvalue weighted by atomic mass is 35.5. The summed E-state index contributed by atoms with van der Waals surface area (Å²) in [4.78, 5) is 0. The van der Waals surface area contributed by atoms with Crippen molar-refractivity contribution in [2.24, 2.45) is 0 Å². The Morgan fingerprint density at radius 3 is 1.96 bits per heavy atom. The third-order valence-corrected chi connectivity index (χ3v) is 5.00. The zero-order valence-electron chi connectivity index (χ0n) is 15.8. The van der Waals surface area contributed by atoms with Gasteiger partial charge in [0.1, 0.15) is 19.6 Å². The monoisotopic (exact) mass is 365 g/mol. The standard InChI is InChI=1S/C19H40NO3.ClH/c1-2-3-4-5-6-7-8-9-10-11-16-23-19-20(12-15-21)13-17-22-18-14-20;/h21H,2-19H2,1H3;1H/q+1;/p-1. The van der Waals surface area contributed by atoms with E-state index in [9.17, 15) is 5.11 Å². The first-order valence-corrected chi connectivity index (χ1v) is 9.94. The number of aliphatic hydroxyl groups is 1. The van der Waals surface area contributed by atoms with E-state index in [1.165, 1.54) is 64.2 Å². The summed E-state index contributed by atoms with van der Waals surface area (Å²) < 4.78 is 12.2. The lowest BCUT2D eigenvalue weighted by atomic mass is 10.1. The highest BCUT2D eigenvalue weighted by Crippen LogP contribution is 2.13. The average Bonchev–Trinajstić information content (AvgIpc) is 2.57. The van der Waals surface area contributed by atoms with Gasteiger partial charge in [0.05, 0.1) is 26.4 Å². The molecule has 0 saturated carbocycles. The molecule has 1 fully saturated rings. The first kappa shape index (κ1) is 24.1. The molecule has 1 N–H and O–H groups in total. The zero-order valence-corrected chi connectivity index (χ0v) is 16.6. The van der Waals surface area contributed by atoms with Crippen molar-refractivity contribution in [3.8, 4) is 0 Å². The summed E-state index contributed by atoms with van der Waals surface area (Å²) in [6, 6.07) is 0. The topological polar surface area (TPSA) is 38.7 Å². The van der Waals surface area contributed by atoms with Crippen LogP contribution in [0.3, 0.4) is 0 Å². The van der Waals surface area contributed by atoms with E-state index in [4.69, 9.17) is 9.47 Å². The molecule has 1 rings (SSSR count). The van der Waals surface area contributed by atoms with Gasteiger partial charge in [-0.2, -0.15) is 0 Å². The van der Waals surface area contributed by atoms with Crippen LogP contribution in [0.1, 0.15) is 71.1 Å². The fraction of sp³-hybridized carbons (Fsp3) is 1.00. The molecule has 0 amide bonds. The van der Waals surface area contributed by atoms with Crippen LogP contribution in [0.4, 0.5) is 0 Å². The molecule has 1 aliphatic rings. The zero-order chi connectivity index (χ0) is 16.6. The molecule has 0 aromatic carbocycles. The lowest BCUT2D eigenvalue weighted by Gasteiger charge is -2.40.